The molecule has 5 heteroatoms. The van der Waals surface area contributed by atoms with Crippen LogP contribution in [0.5, 0.6) is 0 Å². The molecule has 0 aromatic carbocycles. The zero-order valence-electron chi connectivity index (χ0n) is 10.7. The summed E-state index contributed by atoms with van der Waals surface area (Å²) in [7, 11) is 0. The second-order valence-electron chi connectivity index (χ2n) is 5.83. The van der Waals surface area contributed by atoms with Gasteiger partial charge in [0.25, 0.3) is 0 Å². The van der Waals surface area contributed by atoms with Crippen molar-refractivity contribution in [3.8, 4) is 0 Å². The summed E-state index contributed by atoms with van der Waals surface area (Å²) in [6.07, 6.45) is 7.28. The maximum absolute atomic E-state index is 11.7. The van der Waals surface area contributed by atoms with Gasteiger partial charge in [-0.25, -0.2) is 0 Å². The highest BCUT2D eigenvalue weighted by molar-refractivity contribution is 5.85. The predicted octanol–water partition coefficient (Wildman–Crippen LogP) is 1.23. The molecule has 3 aliphatic rings. The van der Waals surface area contributed by atoms with Crippen molar-refractivity contribution >= 4 is 18.3 Å². The number of hydrogen-bond acceptors (Lipinski definition) is 3. The first-order valence-electron chi connectivity index (χ1n) is 6.93. The first-order valence-corrected chi connectivity index (χ1v) is 6.93. The molecule has 0 aromatic heterocycles. The van der Waals surface area contributed by atoms with E-state index >= 15 is 0 Å². The standard InChI is InChI=1S/C13H22N2O2.ClH/c16-13(8-17-7-9-1-2-9)15-12-5-10-3-4-11(6-12)14-10;/h9-12,14H,1-8H2,(H,15,16);1H. The summed E-state index contributed by atoms with van der Waals surface area (Å²) >= 11 is 0. The Morgan fingerprint density at radius 3 is 2.44 bits per heavy atom. The number of halogens is 1. The van der Waals surface area contributed by atoms with Gasteiger partial charge in [-0.3, -0.25) is 4.79 Å². The SMILES string of the molecule is Cl.O=C(COCC1CC1)NC1CC2CCC(C1)N2. The summed E-state index contributed by atoms with van der Waals surface area (Å²) in [5.41, 5.74) is 0. The van der Waals surface area contributed by atoms with Crippen LogP contribution in [-0.2, 0) is 9.53 Å². The van der Waals surface area contributed by atoms with E-state index in [0.717, 1.165) is 25.4 Å². The van der Waals surface area contributed by atoms with Gasteiger partial charge < -0.3 is 15.4 Å². The van der Waals surface area contributed by atoms with Crippen LogP contribution in [0.2, 0.25) is 0 Å². The second-order valence-corrected chi connectivity index (χ2v) is 5.83. The molecule has 0 radical (unpaired) electrons. The Morgan fingerprint density at radius 1 is 1.17 bits per heavy atom. The predicted molar refractivity (Wildman–Crippen MR) is 71.9 cm³/mol. The molecule has 0 spiro atoms. The van der Waals surface area contributed by atoms with Gasteiger partial charge in [-0.1, -0.05) is 0 Å². The highest BCUT2D eigenvalue weighted by atomic mass is 35.5. The van der Waals surface area contributed by atoms with Crippen molar-refractivity contribution in [3.05, 3.63) is 0 Å². The zero-order valence-corrected chi connectivity index (χ0v) is 11.5. The molecule has 3 rings (SSSR count). The number of hydrogen-bond donors (Lipinski definition) is 2. The van der Waals surface area contributed by atoms with Gasteiger partial charge in [0.1, 0.15) is 6.61 Å². The lowest BCUT2D eigenvalue weighted by molar-refractivity contribution is -0.126. The van der Waals surface area contributed by atoms with Crippen LogP contribution in [-0.4, -0.2) is 37.2 Å². The molecule has 1 saturated carbocycles. The molecule has 104 valence electrons. The van der Waals surface area contributed by atoms with E-state index in [4.69, 9.17) is 4.74 Å². The molecule has 4 nitrogen and oxygen atoms in total. The van der Waals surface area contributed by atoms with Gasteiger partial charge in [-0.15, -0.1) is 12.4 Å². The molecule has 2 N–H and O–H groups in total. The molecule has 2 aliphatic heterocycles. The summed E-state index contributed by atoms with van der Waals surface area (Å²) in [6, 6.07) is 1.63. The van der Waals surface area contributed by atoms with Crippen LogP contribution in [0.4, 0.5) is 0 Å². The molecule has 3 fully saturated rings. The van der Waals surface area contributed by atoms with Crippen LogP contribution < -0.4 is 10.6 Å². The maximum Gasteiger partial charge on any atom is 0.246 e. The molecule has 2 heterocycles. The summed E-state index contributed by atoms with van der Waals surface area (Å²) in [5, 5.41) is 6.69. The van der Waals surface area contributed by atoms with Crippen molar-refractivity contribution in [1.82, 2.24) is 10.6 Å². The molecular weight excluding hydrogens is 252 g/mol. The van der Waals surface area contributed by atoms with E-state index in [2.05, 4.69) is 10.6 Å². The number of amides is 1. The van der Waals surface area contributed by atoms with Gasteiger partial charge in [-0.2, -0.15) is 0 Å². The van der Waals surface area contributed by atoms with E-state index in [1.165, 1.54) is 25.7 Å². The number of fused-ring (bicyclic) bond motifs is 2. The largest absolute Gasteiger partial charge is 0.371 e. The minimum atomic E-state index is 0. The van der Waals surface area contributed by atoms with E-state index in [9.17, 15) is 4.79 Å². The average molecular weight is 275 g/mol. The van der Waals surface area contributed by atoms with Crippen LogP contribution in [0.25, 0.3) is 0 Å². The Kier molecular flexibility index (Phi) is 4.87. The van der Waals surface area contributed by atoms with Gasteiger partial charge in [0, 0.05) is 18.1 Å². The summed E-state index contributed by atoms with van der Waals surface area (Å²) in [6.45, 7) is 1.01. The second kappa shape index (κ2) is 6.22. The van der Waals surface area contributed by atoms with E-state index in [0.29, 0.717) is 18.1 Å². The fourth-order valence-electron chi connectivity index (χ4n) is 3.05. The average Bonchev–Trinajstić information content (AvgIpc) is 3.04. The first-order chi connectivity index (χ1) is 8.29. The number of ether oxygens (including phenoxy) is 1. The number of carbonyl (C=O) groups is 1. The van der Waals surface area contributed by atoms with E-state index in [1.54, 1.807) is 0 Å². The topological polar surface area (TPSA) is 50.4 Å². The Labute approximate surface area is 115 Å². The van der Waals surface area contributed by atoms with Crippen LogP contribution in [0.1, 0.15) is 38.5 Å². The van der Waals surface area contributed by atoms with Crippen molar-refractivity contribution in [2.45, 2.75) is 56.7 Å². The Bertz CT molecular complexity index is 285. The molecule has 18 heavy (non-hydrogen) atoms. The highest BCUT2D eigenvalue weighted by Gasteiger charge is 2.33. The fourth-order valence-corrected chi connectivity index (χ4v) is 3.05. The summed E-state index contributed by atoms with van der Waals surface area (Å²) in [4.78, 5) is 11.7. The van der Waals surface area contributed by atoms with Crippen molar-refractivity contribution in [3.63, 3.8) is 0 Å². The van der Waals surface area contributed by atoms with Crippen LogP contribution in [0, 0.1) is 5.92 Å². The summed E-state index contributed by atoms with van der Waals surface area (Å²) in [5.74, 6) is 0.800. The molecule has 2 atom stereocenters. The smallest absolute Gasteiger partial charge is 0.246 e. The molecule has 0 aromatic rings. The van der Waals surface area contributed by atoms with Crippen molar-refractivity contribution in [2.24, 2.45) is 5.92 Å². The first kappa shape index (κ1) is 14.1. The molecule has 2 saturated heterocycles. The maximum atomic E-state index is 11.7. The number of nitrogens with one attached hydrogen (secondary N) is 2. The number of piperidine rings is 1. The normalized spacial score (nSPS) is 33.9. The Hall–Kier alpha value is -0.320. The van der Waals surface area contributed by atoms with Gasteiger partial charge in [-0.05, 0) is 44.4 Å². The quantitative estimate of drug-likeness (QED) is 0.793. The van der Waals surface area contributed by atoms with Crippen molar-refractivity contribution in [2.75, 3.05) is 13.2 Å². The van der Waals surface area contributed by atoms with Gasteiger partial charge in [0.2, 0.25) is 5.91 Å². The third-order valence-corrected chi connectivity index (χ3v) is 4.12. The number of carbonyl (C=O) groups excluding carboxylic acids is 1. The fraction of sp³-hybridized carbons (Fsp3) is 0.923. The van der Waals surface area contributed by atoms with E-state index in [-0.39, 0.29) is 24.9 Å². The van der Waals surface area contributed by atoms with Gasteiger partial charge in [0.15, 0.2) is 0 Å². The minimum absolute atomic E-state index is 0. The zero-order chi connectivity index (χ0) is 11.7. The van der Waals surface area contributed by atoms with Crippen molar-refractivity contribution < 1.29 is 9.53 Å². The van der Waals surface area contributed by atoms with E-state index < -0.39 is 0 Å². The third kappa shape index (κ3) is 3.84. The van der Waals surface area contributed by atoms with Crippen LogP contribution >= 0.6 is 12.4 Å². The van der Waals surface area contributed by atoms with Crippen molar-refractivity contribution in [1.29, 1.82) is 0 Å². The molecule has 1 amide bonds. The molecule has 1 aliphatic carbocycles. The van der Waals surface area contributed by atoms with Crippen LogP contribution in [0.3, 0.4) is 0 Å². The lowest BCUT2D eigenvalue weighted by atomic mass is 10.00. The van der Waals surface area contributed by atoms with Gasteiger partial charge >= 0.3 is 0 Å². The number of rotatable bonds is 5. The van der Waals surface area contributed by atoms with Gasteiger partial charge in [0.05, 0.1) is 6.61 Å². The lowest BCUT2D eigenvalue weighted by Crippen LogP contribution is -2.48. The Morgan fingerprint density at radius 2 is 1.83 bits per heavy atom. The third-order valence-electron chi connectivity index (χ3n) is 4.12. The Balaban J connectivity index is 0.00000120. The van der Waals surface area contributed by atoms with E-state index in [1.807, 2.05) is 0 Å². The lowest BCUT2D eigenvalue weighted by Gasteiger charge is -2.29. The molecule has 2 unspecified atom stereocenters. The monoisotopic (exact) mass is 274 g/mol. The highest BCUT2D eigenvalue weighted by Crippen LogP contribution is 2.29. The molecular formula is C13H23ClN2O2. The molecule has 2 bridgehead atoms. The van der Waals surface area contributed by atoms with Crippen LogP contribution in [0.15, 0.2) is 0 Å². The minimum Gasteiger partial charge on any atom is -0.371 e. The summed E-state index contributed by atoms with van der Waals surface area (Å²) < 4.78 is 5.40.